The van der Waals surface area contributed by atoms with E-state index in [-0.39, 0.29) is 17.2 Å². The number of hydrogen-bond donors (Lipinski definition) is 1. The highest BCUT2D eigenvalue weighted by Crippen LogP contribution is 2.41. The predicted octanol–water partition coefficient (Wildman–Crippen LogP) is 3.36. The van der Waals surface area contributed by atoms with Gasteiger partial charge in [0.15, 0.2) is 23.1 Å². The first-order valence-corrected chi connectivity index (χ1v) is 5.70. The van der Waals surface area contributed by atoms with Crippen LogP contribution in [0.5, 0.6) is 23.0 Å². The minimum atomic E-state index is -0.895. The molecule has 0 aliphatic rings. The van der Waals surface area contributed by atoms with Gasteiger partial charge in [-0.15, -0.1) is 0 Å². The molecule has 0 fully saturated rings. The topological polar surface area (TPSA) is 53.7 Å². The molecule has 6 heteroatoms. The van der Waals surface area contributed by atoms with Crippen LogP contribution < -0.4 is 19.9 Å². The largest absolute Gasteiger partial charge is 0.493 e. The summed E-state index contributed by atoms with van der Waals surface area (Å²) < 4.78 is 42.4. The van der Waals surface area contributed by atoms with Crippen LogP contribution in [-0.2, 0) is 0 Å². The molecule has 2 aromatic rings. The third-order valence-corrected chi connectivity index (χ3v) is 2.65. The molecule has 2 aromatic carbocycles. The Kier molecular flexibility index (Phi) is 3.93. The van der Waals surface area contributed by atoms with Crippen LogP contribution in [0.1, 0.15) is 0 Å². The molecule has 106 valence electrons. The van der Waals surface area contributed by atoms with Gasteiger partial charge in [0, 0.05) is 12.1 Å². The zero-order chi connectivity index (χ0) is 14.7. The summed E-state index contributed by atoms with van der Waals surface area (Å²) in [5.74, 6) is -0.934. The van der Waals surface area contributed by atoms with Gasteiger partial charge in [0.25, 0.3) is 0 Å². The van der Waals surface area contributed by atoms with Crippen molar-refractivity contribution in [2.75, 3.05) is 20.0 Å². The molecule has 0 radical (unpaired) electrons. The van der Waals surface area contributed by atoms with Crippen molar-refractivity contribution in [3.8, 4) is 23.0 Å². The summed E-state index contributed by atoms with van der Waals surface area (Å²) in [6.07, 6.45) is 0. The lowest BCUT2D eigenvalue weighted by Crippen LogP contribution is -1.99. The van der Waals surface area contributed by atoms with Gasteiger partial charge >= 0.3 is 0 Å². The first kappa shape index (κ1) is 13.9. The third kappa shape index (κ3) is 2.59. The predicted molar refractivity (Wildman–Crippen MR) is 70.4 cm³/mol. The van der Waals surface area contributed by atoms with Crippen molar-refractivity contribution >= 4 is 5.69 Å². The zero-order valence-corrected chi connectivity index (χ0v) is 10.9. The average molecular weight is 281 g/mol. The van der Waals surface area contributed by atoms with Gasteiger partial charge < -0.3 is 19.9 Å². The Morgan fingerprint density at radius 1 is 0.950 bits per heavy atom. The smallest absolute Gasteiger partial charge is 0.211 e. The van der Waals surface area contributed by atoms with Crippen molar-refractivity contribution in [3.05, 3.63) is 42.0 Å². The van der Waals surface area contributed by atoms with E-state index in [9.17, 15) is 8.78 Å². The van der Waals surface area contributed by atoms with E-state index in [1.807, 2.05) is 0 Å². The van der Waals surface area contributed by atoms with Gasteiger partial charge in [0.05, 0.1) is 14.2 Å². The van der Waals surface area contributed by atoms with Gasteiger partial charge in [-0.05, 0) is 12.1 Å². The number of nitrogens with two attached hydrogens (primary N) is 1. The number of ether oxygens (including phenoxy) is 3. The monoisotopic (exact) mass is 281 g/mol. The Morgan fingerprint density at radius 3 is 2.10 bits per heavy atom. The van der Waals surface area contributed by atoms with Crippen molar-refractivity contribution in [2.24, 2.45) is 0 Å². The summed E-state index contributed by atoms with van der Waals surface area (Å²) in [5.41, 5.74) is 5.24. The molecule has 20 heavy (non-hydrogen) atoms. The Labute approximate surface area is 114 Å². The van der Waals surface area contributed by atoms with Gasteiger partial charge in [0.2, 0.25) is 5.75 Å². The molecule has 0 aromatic heterocycles. The van der Waals surface area contributed by atoms with Crippen molar-refractivity contribution in [1.29, 1.82) is 0 Å². The standard InChI is InChI=1S/C14H13F2NO3/c1-18-10-4-3-5-11(19-2)14(10)20-12-7-8(15)6-9(16)13(12)17/h3-7H,17H2,1-2H3. The summed E-state index contributed by atoms with van der Waals surface area (Å²) in [6.45, 7) is 0. The summed E-state index contributed by atoms with van der Waals surface area (Å²) in [6, 6.07) is 6.62. The van der Waals surface area contributed by atoms with Crippen molar-refractivity contribution in [1.82, 2.24) is 0 Å². The highest BCUT2D eigenvalue weighted by Gasteiger charge is 2.16. The molecular weight excluding hydrogens is 268 g/mol. The number of nitrogen functional groups attached to an aromatic ring is 1. The molecule has 0 aliphatic carbocycles. The SMILES string of the molecule is COc1cccc(OC)c1Oc1cc(F)cc(F)c1N. The fourth-order valence-corrected chi connectivity index (χ4v) is 1.67. The van der Waals surface area contributed by atoms with Crippen molar-refractivity contribution in [2.45, 2.75) is 0 Å². The van der Waals surface area contributed by atoms with Gasteiger partial charge in [0.1, 0.15) is 11.5 Å². The van der Waals surface area contributed by atoms with Crippen LogP contribution in [0.3, 0.4) is 0 Å². The molecule has 0 bridgehead atoms. The summed E-state index contributed by atoms with van der Waals surface area (Å²) in [4.78, 5) is 0. The van der Waals surface area contributed by atoms with E-state index >= 15 is 0 Å². The zero-order valence-electron chi connectivity index (χ0n) is 10.9. The average Bonchev–Trinajstić information content (AvgIpc) is 2.44. The number of rotatable bonds is 4. The Morgan fingerprint density at radius 2 is 1.55 bits per heavy atom. The molecule has 0 unspecified atom stereocenters. The fourth-order valence-electron chi connectivity index (χ4n) is 1.67. The third-order valence-electron chi connectivity index (χ3n) is 2.65. The minimum absolute atomic E-state index is 0.148. The lowest BCUT2D eigenvalue weighted by Gasteiger charge is -2.15. The normalized spacial score (nSPS) is 10.2. The molecule has 0 spiro atoms. The maximum Gasteiger partial charge on any atom is 0.211 e. The highest BCUT2D eigenvalue weighted by atomic mass is 19.1. The lowest BCUT2D eigenvalue weighted by atomic mass is 10.2. The van der Waals surface area contributed by atoms with Crippen molar-refractivity contribution < 1.29 is 23.0 Å². The van der Waals surface area contributed by atoms with E-state index in [2.05, 4.69) is 0 Å². The maximum absolute atomic E-state index is 13.4. The van der Waals surface area contributed by atoms with Crippen LogP contribution in [0.15, 0.2) is 30.3 Å². The van der Waals surface area contributed by atoms with Gasteiger partial charge in [-0.3, -0.25) is 0 Å². The Hall–Kier alpha value is -2.50. The molecular formula is C14H13F2NO3. The van der Waals surface area contributed by atoms with Gasteiger partial charge in [-0.2, -0.15) is 0 Å². The molecule has 0 saturated carbocycles. The van der Waals surface area contributed by atoms with Crippen LogP contribution in [0, 0.1) is 11.6 Å². The Balaban J connectivity index is 2.49. The Bertz CT molecular complexity index is 610. The van der Waals surface area contributed by atoms with Crippen LogP contribution in [0.2, 0.25) is 0 Å². The van der Waals surface area contributed by atoms with E-state index in [4.69, 9.17) is 19.9 Å². The van der Waals surface area contributed by atoms with E-state index in [0.717, 1.165) is 6.07 Å². The highest BCUT2D eigenvalue weighted by molar-refractivity contribution is 5.59. The number of methoxy groups -OCH3 is 2. The van der Waals surface area contributed by atoms with Gasteiger partial charge in [-0.25, -0.2) is 8.78 Å². The lowest BCUT2D eigenvalue weighted by molar-refractivity contribution is 0.345. The van der Waals surface area contributed by atoms with Crippen LogP contribution in [-0.4, -0.2) is 14.2 Å². The summed E-state index contributed by atoms with van der Waals surface area (Å²) >= 11 is 0. The molecule has 0 saturated heterocycles. The molecule has 0 aliphatic heterocycles. The molecule has 2 rings (SSSR count). The number of anilines is 1. The number of para-hydroxylation sites is 1. The first-order valence-electron chi connectivity index (χ1n) is 5.70. The van der Waals surface area contributed by atoms with Gasteiger partial charge in [-0.1, -0.05) is 6.07 Å². The molecule has 0 heterocycles. The second-order valence-corrected chi connectivity index (χ2v) is 3.89. The second kappa shape index (κ2) is 5.64. The number of halogens is 2. The van der Waals surface area contributed by atoms with E-state index < -0.39 is 11.6 Å². The van der Waals surface area contributed by atoms with E-state index in [1.54, 1.807) is 18.2 Å². The van der Waals surface area contributed by atoms with Crippen LogP contribution in [0.25, 0.3) is 0 Å². The van der Waals surface area contributed by atoms with E-state index in [0.29, 0.717) is 17.6 Å². The molecule has 0 atom stereocenters. The summed E-state index contributed by atoms with van der Waals surface area (Å²) in [7, 11) is 2.88. The molecule has 0 amide bonds. The first-order chi connectivity index (χ1) is 9.56. The fraction of sp³-hybridized carbons (Fsp3) is 0.143. The van der Waals surface area contributed by atoms with Crippen LogP contribution >= 0.6 is 0 Å². The number of benzene rings is 2. The summed E-state index contributed by atoms with van der Waals surface area (Å²) in [5, 5.41) is 0. The van der Waals surface area contributed by atoms with Crippen molar-refractivity contribution in [3.63, 3.8) is 0 Å². The quantitative estimate of drug-likeness (QED) is 0.873. The molecule has 4 nitrogen and oxygen atoms in total. The number of hydrogen-bond acceptors (Lipinski definition) is 4. The minimum Gasteiger partial charge on any atom is -0.493 e. The molecule has 2 N–H and O–H groups in total. The second-order valence-electron chi connectivity index (χ2n) is 3.89. The van der Waals surface area contributed by atoms with Crippen LogP contribution in [0.4, 0.5) is 14.5 Å². The van der Waals surface area contributed by atoms with E-state index in [1.165, 1.54) is 14.2 Å². The maximum atomic E-state index is 13.4.